The summed E-state index contributed by atoms with van der Waals surface area (Å²) in [5.74, 6) is 1.45. The van der Waals surface area contributed by atoms with Crippen LogP contribution in [-0.4, -0.2) is 8.76 Å². The van der Waals surface area contributed by atoms with Crippen molar-refractivity contribution in [1.29, 1.82) is 0 Å². The Morgan fingerprint density at radius 2 is 1.33 bits per heavy atom. The van der Waals surface area contributed by atoms with Gasteiger partial charge in [-0.1, -0.05) is 0 Å². The lowest BCUT2D eigenvalue weighted by atomic mass is 10.3. The molecule has 1 unspecified atom stereocenters. The molecule has 2 aromatic carbocycles. The van der Waals surface area contributed by atoms with Gasteiger partial charge in [0.25, 0.3) is 0 Å². The average Bonchev–Trinajstić information content (AvgIpc) is 2.34. The van der Waals surface area contributed by atoms with Gasteiger partial charge in [-0.05, 0) is 48.5 Å². The van der Waals surface area contributed by atoms with Gasteiger partial charge in [0.2, 0.25) is 0 Å². The van der Waals surface area contributed by atoms with Crippen molar-refractivity contribution in [3.8, 4) is 17.2 Å². The molecule has 0 aliphatic rings. The van der Waals surface area contributed by atoms with E-state index < -0.39 is 11.4 Å². The van der Waals surface area contributed by atoms with E-state index in [2.05, 4.69) is 4.18 Å². The quantitative estimate of drug-likeness (QED) is 0.676. The summed E-state index contributed by atoms with van der Waals surface area (Å²) in [6.45, 7) is 0. The zero-order chi connectivity index (χ0) is 13.0. The van der Waals surface area contributed by atoms with E-state index in [9.17, 15) is 8.76 Å². The molecule has 94 valence electrons. The van der Waals surface area contributed by atoms with Gasteiger partial charge in [0.1, 0.15) is 28.6 Å². The number of nitrogens with two attached hydrogens (primary N) is 1. The largest absolute Gasteiger partial charge is 0.740 e. The smallest absolute Gasteiger partial charge is 0.139 e. The van der Waals surface area contributed by atoms with Crippen LogP contribution in [0.4, 0.5) is 5.69 Å². The lowest BCUT2D eigenvalue weighted by Crippen LogP contribution is -1.97. The molecule has 18 heavy (non-hydrogen) atoms. The average molecular weight is 264 g/mol. The molecule has 2 aromatic rings. The Balaban J connectivity index is 2.06. The first-order chi connectivity index (χ1) is 8.63. The van der Waals surface area contributed by atoms with Crippen LogP contribution >= 0.6 is 0 Å². The molecule has 0 aliphatic carbocycles. The minimum atomic E-state index is -2.57. The van der Waals surface area contributed by atoms with Crippen LogP contribution in [0.2, 0.25) is 0 Å². The highest BCUT2D eigenvalue weighted by Crippen LogP contribution is 2.24. The van der Waals surface area contributed by atoms with Gasteiger partial charge in [-0.2, -0.15) is 0 Å². The summed E-state index contributed by atoms with van der Waals surface area (Å²) in [5, 5.41) is 0. The number of rotatable bonds is 4. The fourth-order valence-corrected chi connectivity index (χ4v) is 1.58. The van der Waals surface area contributed by atoms with Gasteiger partial charge in [0, 0.05) is 5.69 Å². The summed E-state index contributed by atoms with van der Waals surface area (Å²) < 4.78 is 30.6. The molecule has 0 fully saturated rings. The zero-order valence-corrected chi connectivity index (χ0v) is 10.1. The third-order valence-electron chi connectivity index (χ3n) is 2.10. The van der Waals surface area contributed by atoms with Gasteiger partial charge >= 0.3 is 0 Å². The molecule has 1 atom stereocenters. The number of ether oxygens (including phenoxy) is 1. The Labute approximate surface area is 107 Å². The second-order valence-corrected chi connectivity index (χ2v) is 4.00. The number of nitrogen functional groups attached to an aromatic ring is 1. The van der Waals surface area contributed by atoms with Crippen molar-refractivity contribution in [2.24, 2.45) is 0 Å². The molecule has 0 bridgehead atoms. The van der Waals surface area contributed by atoms with Crippen molar-refractivity contribution in [1.82, 2.24) is 0 Å². The Hall–Kier alpha value is -2.05. The highest BCUT2D eigenvalue weighted by Gasteiger charge is 1.99. The molecule has 5 nitrogen and oxygen atoms in total. The maximum Gasteiger partial charge on any atom is 0.139 e. The van der Waals surface area contributed by atoms with Crippen LogP contribution in [0.1, 0.15) is 0 Å². The molecule has 0 saturated carbocycles. The summed E-state index contributed by atoms with van der Waals surface area (Å²) in [4.78, 5) is 0. The Morgan fingerprint density at radius 3 is 1.83 bits per heavy atom. The molecule has 0 aliphatic heterocycles. The van der Waals surface area contributed by atoms with E-state index in [-0.39, 0.29) is 5.75 Å². The van der Waals surface area contributed by atoms with E-state index in [1.165, 1.54) is 12.1 Å². The number of benzene rings is 2. The van der Waals surface area contributed by atoms with Gasteiger partial charge in [-0.15, -0.1) is 0 Å². The number of anilines is 1. The van der Waals surface area contributed by atoms with Crippen LogP contribution in [0.25, 0.3) is 0 Å². The van der Waals surface area contributed by atoms with E-state index in [4.69, 9.17) is 10.5 Å². The fourth-order valence-electron chi connectivity index (χ4n) is 1.31. The van der Waals surface area contributed by atoms with Crippen LogP contribution in [0.3, 0.4) is 0 Å². The first kappa shape index (κ1) is 12.4. The molecule has 0 saturated heterocycles. The highest BCUT2D eigenvalue weighted by molar-refractivity contribution is 7.74. The summed E-state index contributed by atoms with van der Waals surface area (Å²) in [5.41, 5.74) is 6.21. The fraction of sp³-hybridized carbons (Fsp3) is 0. The molecule has 0 amide bonds. The topological polar surface area (TPSA) is 84.6 Å². The molecule has 6 heteroatoms. The van der Waals surface area contributed by atoms with Gasteiger partial charge < -0.3 is 19.2 Å². The monoisotopic (exact) mass is 264 g/mol. The van der Waals surface area contributed by atoms with Gasteiger partial charge in [-0.3, -0.25) is 0 Å². The van der Waals surface area contributed by atoms with Crippen molar-refractivity contribution < 1.29 is 17.7 Å². The summed E-state index contributed by atoms with van der Waals surface area (Å²) in [7, 11) is 0. The van der Waals surface area contributed by atoms with E-state index in [0.717, 1.165) is 0 Å². The number of hydrogen-bond acceptors (Lipinski definition) is 5. The minimum Gasteiger partial charge on any atom is -0.740 e. The third-order valence-corrected chi connectivity index (χ3v) is 2.43. The second kappa shape index (κ2) is 5.52. The SMILES string of the molecule is Nc1ccc(Oc2ccc(OS(=O)[O-])cc2)cc1. The van der Waals surface area contributed by atoms with E-state index in [0.29, 0.717) is 17.2 Å². The Bertz CT molecular complexity index is 539. The molecule has 0 heterocycles. The summed E-state index contributed by atoms with van der Waals surface area (Å²) in [6.07, 6.45) is 0. The molecule has 0 aromatic heterocycles. The van der Waals surface area contributed by atoms with Crippen LogP contribution < -0.4 is 14.7 Å². The molecule has 0 radical (unpaired) electrons. The van der Waals surface area contributed by atoms with Crippen molar-refractivity contribution in [2.45, 2.75) is 0 Å². The van der Waals surface area contributed by atoms with Crippen LogP contribution in [-0.2, 0) is 11.4 Å². The molecular weight excluding hydrogens is 254 g/mol. The minimum absolute atomic E-state index is 0.230. The van der Waals surface area contributed by atoms with Crippen molar-refractivity contribution in [2.75, 3.05) is 5.73 Å². The summed E-state index contributed by atoms with van der Waals surface area (Å²) >= 11 is -2.57. The normalized spacial score (nSPS) is 11.8. The Kier molecular flexibility index (Phi) is 3.81. The van der Waals surface area contributed by atoms with Crippen molar-refractivity contribution >= 4 is 17.0 Å². The maximum atomic E-state index is 10.3. The van der Waals surface area contributed by atoms with Gasteiger partial charge in [0.15, 0.2) is 0 Å². The first-order valence-corrected chi connectivity index (χ1v) is 6.04. The zero-order valence-electron chi connectivity index (χ0n) is 9.24. The van der Waals surface area contributed by atoms with E-state index in [1.807, 2.05) is 0 Å². The predicted octanol–water partition coefficient (Wildman–Crippen LogP) is 2.23. The van der Waals surface area contributed by atoms with Crippen LogP contribution in [0.15, 0.2) is 48.5 Å². The van der Waals surface area contributed by atoms with Crippen molar-refractivity contribution in [3.63, 3.8) is 0 Å². The number of hydrogen-bond donors (Lipinski definition) is 1. The lowest BCUT2D eigenvalue weighted by molar-refractivity contribution is 0.439. The molecule has 2 N–H and O–H groups in total. The van der Waals surface area contributed by atoms with Gasteiger partial charge in [0.05, 0.1) is 0 Å². The van der Waals surface area contributed by atoms with E-state index in [1.54, 1.807) is 36.4 Å². The standard InChI is InChI=1S/C12H11NO4S/c13-9-1-3-10(4-2-9)16-11-5-7-12(8-6-11)17-18(14)15/h1-8H,13H2,(H,14,15)/p-1. The van der Waals surface area contributed by atoms with Crippen LogP contribution in [0.5, 0.6) is 17.2 Å². The molecule has 0 spiro atoms. The van der Waals surface area contributed by atoms with Gasteiger partial charge in [-0.25, -0.2) is 4.21 Å². The summed E-state index contributed by atoms with van der Waals surface area (Å²) in [6, 6.07) is 13.2. The van der Waals surface area contributed by atoms with Crippen molar-refractivity contribution in [3.05, 3.63) is 48.5 Å². The lowest BCUT2D eigenvalue weighted by Gasteiger charge is -2.09. The first-order valence-electron chi connectivity index (χ1n) is 5.04. The Morgan fingerprint density at radius 1 is 0.889 bits per heavy atom. The molecular formula is C12H10NO4S-. The second-order valence-electron chi connectivity index (χ2n) is 3.43. The van der Waals surface area contributed by atoms with Crippen LogP contribution in [0, 0.1) is 0 Å². The molecule has 2 rings (SSSR count). The highest BCUT2D eigenvalue weighted by atomic mass is 32.2. The van der Waals surface area contributed by atoms with E-state index >= 15 is 0 Å². The predicted molar refractivity (Wildman–Crippen MR) is 66.9 cm³/mol. The third kappa shape index (κ3) is 3.47. The maximum absolute atomic E-state index is 10.3.